The number of aliphatic carboxylic acids is 1. The van der Waals surface area contributed by atoms with Crippen molar-refractivity contribution in [3.63, 3.8) is 0 Å². The summed E-state index contributed by atoms with van der Waals surface area (Å²) in [5.41, 5.74) is -0.419. The van der Waals surface area contributed by atoms with Crippen LogP contribution in [0, 0.1) is 0 Å². The van der Waals surface area contributed by atoms with E-state index in [0.717, 1.165) is 18.2 Å². The van der Waals surface area contributed by atoms with Crippen molar-refractivity contribution < 1.29 is 57.8 Å². The summed E-state index contributed by atoms with van der Waals surface area (Å²) in [6.45, 7) is -1.04. The lowest BCUT2D eigenvalue weighted by molar-refractivity contribution is -0.382. The Labute approximate surface area is 168 Å². The Morgan fingerprint density at radius 2 is 1.50 bits per heavy atom. The summed E-state index contributed by atoms with van der Waals surface area (Å²) >= 11 is 5.67. The van der Waals surface area contributed by atoms with E-state index < -0.39 is 61.7 Å². The van der Waals surface area contributed by atoms with Crippen LogP contribution in [-0.2, 0) is 21.4 Å². The van der Waals surface area contributed by atoms with E-state index in [1.54, 1.807) is 0 Å². The van der Waals surface area contributed by atoms with E-state index in [4.69, 9.17) is 16.7 Å². The van der Waals surface area contributed by atoms with Crippen molar-refractivity contribution in [1.29, 1.82) is 0 Å². The van der Waals surface area contributed by atoms with Gasteiger partial charge in [0.15, 0.2) is 0 Å². The first-order valence-electron chi connectivity index (χ1n) is 7.41. The smallest absolute Gasteiger partial charge is 0.460 e. The van der Waals surface area contributed by atoms with Gasteiger partial charge < -0.3 is 5.11 Å². The molecule has 1 atom stereocenters. The van der Waals surface area contributed by atoms with Gasteiger partial charge in [-0.15, -0.1) is 0 Å². The third-order valence-corrected chi connectivity index (χ3v) is 6.16. The van der Waals surface area contributed by atoms with Gasteiger partial charge in [-0.25, -0.2) is 8.42 Å². The van der Waals surface area contributed by atoms with Gasteiger partial charge in [0.25, 0.3) is 10.0 Å². The topological polar surface area (TPSA) is 74.7 Å². The monoisotopic (exact) mass is 495 g/mol. The summed E-state index contributed by atoms with van der Waals surface area (Å²) in [6.07, 6.45) is -7.25. The molecule has 1 N–H and O–H groups in total. The Bertz CT molecular complexity index is 905. The maximum atomic E-state index is 14.1. The van der Waals surface area contributed by atoms with Gasteiger partial charge in [0.1, 0.15) is 6.04 Å². The van der Waals surface area contributed by atoms with Crippen LogP contribution in [0.4, 0.5) is 39.5 Å². The summed E-state index contributed by atoms with van der Waals surface area (Å²) in [5, 5.41) is 1.50. The van der Waals surface area contributed by atoms with Crippen LogP contribution < -0.4 is 0 Å². The Hall–Kier alpha value is -1.74. The van der Waals surface area contributed by atoms with E-state index >= 15 is 0 Å². The maximum absolute atomic E-state index is 14.1. The number of hydrogen-bond donors (Lipinski definition) is 1. The largest absolute Gasteiger partial charge is 0.480 e. The van der Waals surface area contributed by atoms with Crippen molar-refractivity contribution in [3.8, 4) is 0 Å². The van der Waals surface area contributed by atoms with Gasteiger partial charge >= 0.3 is 29.2 Å². The number of sulfonamides is 1. The fourth-order valence-electron chi connectivity index (χ4n) is 2.02. The number of carboxylic acids is 1. The second kappa shape index (κ2) is 8.07. The molecule has 172 valence electrons. The second-order valence-electron chi connectivity index (χ2n) is 5.82. The van der Waals surface area contributed by atoms with Crippen LogP contribution in [-0.4, -0.2) is 53.1 Å². The summed E-state index contributed by atoms with van der Waals surface area (Å²) in [5.74, 6) is -17.2. The van der Waals surface area contributed by atoms with Crippen LogP contribution in [0.5, 0.6) is 0 Å². The molecule has 0 aliphatic heterocycles. The van der Waals surface area contributed by atoms with Crippen LogP contribution in [0.15, 0.2) is 24.3 Å². The van der Waals surface area contributed by atoms with Crippen LogP contribution >= 0.6 is 11.6 Å². The Kier molecular flexibility index (Phi) is 7.07. The molecule has 1 rings (SSSR count). The van der Waals surface area contributed by atoms with E-state index in [1.165, 1.54) is 6.07 Å². The van der Waals surface area contributed by atoms with Gasteiger partial charge in [0, 0.05) is 11.6 Å². The summed E-state index contributed by atoms with van der Waals surface area (Å²) < 4.78 is 142. The van der Waals surface area contributed by atoms with Gasteiger partial charge in [0.05, 0.1) is 0 Å². The molecule has 1 aromatic carbocycles. The zero-order valence-corrected chi connectivity index (χ0v) is 16.0. The Morgan fingerprint density at radius 3 is 1.90 bits per heavy atom. The minimum Gasteiger partial charge on any atom is -0.480 e. The highest BCUT2D eigenvalue weighted by Gasteiger charge is 2.86. The maximum Gasteiger partial charge on any atom is 0.460 e. The number of alkyl halides is 9. The quantitative estimate of drug-likeness (QED) is 0.544. The van der Waals surface area contributed by atoms with E-state index in [-0.39, 0.29) is 5.02 Å². The molecule has 1 unspecified atom stereocenters. The zero-order chi connectivity index (χ0) is 23.9. The molecular weight excluding hydrogens is 485 g/mol. The number of carboxylic acid groups (broad SMARTS) is 1. The summed E-state index contributed by atoms with van der Waals surface area (Å²) in [6, 6.07) is 1.87. The minimum absolute atomic E-state index is 0.356. The minimum atomic E-state index is -7.49. The molecule has 0 aliphatic carbocycles. The standard InChI is InChI=1S/C14H11ClF9NO4S/c1-7(10(26)27)25(6-8-4-2-3-5-9(8)15)30(28,29)14(23,24)12(18,19)11(16,17)13(20,21)22/h2-5,7H,6H2,1H3,(H,26,27). The van der Waals surface area contributed by atoms with Crippen LogP contribution in [0.3, 0.4) is 0 Å². The van der Waals surface area contributed by atoms with Crippen molar-refractivity contribution >= 4 is 27.6 Å². The number of rotatable bonds is 8. The van der Waals surface area contributed by atoms with Crippen LogP contribution in [0.25, 0.3) is 0 Å². The lowest BCUT2D eigenvalue weighted by Gasteiger charge is -2.36. The molecule has 16 heteroatoms. The van der Waals surface area contributed by atoms with Crippen molar-refractivity contribution in [2.24, 2.45) is 0 Å². The van der Waals surface area contributed by atoms with Crippen molar-refractivity contribution in [3.05, 3.63) is 34.9 Å². The second-order valence-corrected chi connectivity index (χ2v) is 8.16. The lowest BCUT2D eigenvalue weighted by atomic mass is 10.1. The highest BCUT2D eigenvalue weighted by molar-refractivity contribution is 7.90. The van der Waals surface area contributed by atoms with Crippen LogP contribution in [0.1, 0.15) is 12.5 Å². The zero-order valence-electron chi connectivity index (χ0n) is 14.4. The first-order chi connectivity index (χ1) is 13.2. The van der Waals surface area contributed by atoms with Crippen molar-refractivity contribution in [2.75, 3.05) is 0 Å². The Balaban J connectivity index is 3.66. The van der Waals surface area contributed by atoms with Crippen LogP contribution in [0.2, 0.25) is 5.02 Å². The normalized spacial score (nSPS) is 15.3. The fourth-order valence-corrected chi connectivity index (χ4v) is 3.78. The molecule has 0 fully saturated rings. The number of carbonyl (C=O) groups is 1. The SMILES string of the molecule is CC(C(=O)O)N(Cc1ccccc1Cl)S(=O)(=O)C(F)(F)C(F)(F)C(F)(F)C(F)(F)F. The van der Waals surface area contributed by atoms with Crippen molar-refractivity contribution in [2.45, 2.75) is 42.8 Å². The third kappa shape index (κ3) is 4.19. The molecule has 0 amide bonds. The molecule has 0 spiro atoms. The number of benzene rings is 1. The fraction of sp³-hybridized carbons (Fsp3) is 0.500. The summed E-state index contributed by atoms with van der Waals surface area (Å²) in [7, 11) is -7.13. The molecule has 5 nitrogen and oxygen atoms in total. The predicted octanol–water partition coefficient (Wildman–Crippen LogP) is 4.37. The Morgan fingerprint density at radius 1 is 1.03 bits per heavy atom. The lowest BCUT2D eigenvalue weighted by Crippen LogP contribution is -2.66. The average Bonchev–Trinajstić information content (AvgIpc) is 2.58. The average molecular weight is 496 g/mol. The molecule has 1 aromatic rings. The predicted molar refractivity (Wildman–Crippen MR) is 83.9 cm³/mol. The highest BCUT2D eigenvalue weighted by Crippen LogP contribution is 2.55. The van der Waals surface area contributed by atoms with Crippen molar-refractivity contribution in [1.82, 2.24) is 4.31 Å². The van der Waals surface area contributed by atoms with Gasteiger partial charge in [-0.1, -0.05) is 29.8 Å². The molecule has 0 saturated carbocycles. The molecule has 0 aromatic heterocycles. The highest BCUT2D eigenvalue weighted by atomic mass is 35.5. The third-order valence-electron chi connectivity index (χ3n) is 3.82. The van der Waals surface area contributed by atoms with E-state index in [9.17, 15) is 52.7 Å². The molecular formula is C14H11ClF9NO4S. The number of nitrogens with zero attached hydrogens (tertiary/aromatic N) is 1. The molecule has 0 aliphatic rings. The van der Waals surface area contributed by atoms with Gasteiger partial charge in [-0.05, 0) is 18.6 Å². The van der Waals surface area contributed by atoms with Gasteiger partial charge in [-0.2, -0.15) is 43.8 Å². The van der Waals surface area contributed by atoms with Gasteiger partial charge in [-0.3, -0.25) is 4.79 Å². The van der Waals surface area contributed by atoms with Gasteiger partial charge in [0.2, 0.25) is 0 Å². The molecule has 0 radical (unpaired) electrons. The number of hydrogen-bond acceptors (Lipinski definition) is 3. The first-order valence-corrected chi connectivity index (χ1v) is 9.23. The van der Waals surface area contributed by atoms with E-state index in [0.29, 0.717) is 6.92 Å². The molecule has 0 bridgehead atoms. The first kappa shape index (κ1) is 26.3. The molecule has 30 heavy (non-hydrogen) atoms. The van der Waals surface area contributed by atoms with E-state index in [2.05, 4.69) is 0 Å². The van der Waals surface area contributed by atoms with E-state index in [1.807, 2.05) is 0 Å². The number of halogens is 10. The summed E-state index contributed by atoms with van der Waals surface area (Å²) in [4.78, 5) is 11.1. The molecule has 0 heterocycles. The molecule has 0 saturated heterocycles.